The Bertz CT molecular complexity index is 907. The smallest absolute Gasteiger partial charge is 0.265 e. The molecule has 2 aromatic carbocycles. The van der Waals surface area contributed by atoms with Crippen LogP contribution in [0.15, 0.2) is 30.3 Å². The first-order chi connectivity index (χ1) is 11.0. The Morgan fingerprint density at radius 2 is 2.17 bits per heavy atom. The van der Waals surface area contributed by atoms with E-state index in [1.165, 1.54) is 7.11 Å². The molecule has 0 unspecified atom stereocenters. The number of aromatic amines is 1. The number of halogens is 1. The number of rotatable bonds is 3. The van der Waals surface area contributed by atoms with E-state index in [1.54, 1.807) is 30.3 Å². The number of hydrogen-bond acceptors (Lipinski definition) is 5. The minimum Gasteiger partial charge on any atom is -0.504 e. The van der Waals surface area contributed by atoms with Crippen LogP contribution in [0.5, 0.6) is 11.5 Å². The SMILES string of the molecule is COc1cc(-c2nc3ccc(C(=O)NN)cc3[nH]2)cc(I)c1O. The number of methoxy groups -OCH3 is 1. The monoisotopic (exact) mass is 424 g/mol. The third kappa shape index (κ3) is 2.82. The Morgan fingerprint density at radius 1 is 1.39 bits per heavy atom. The van der Waals surface area contributed by atoms with E-state index in [0.717, 1.165) is 11.1 Å². The molecule has 0 aliphatic heterocycles. The number of carbonyl (C=O) groups is 1. The third-order valence-electron chi connectivity index (χ3n) is 3.40. The summed E-state index contributed by atoms with van der Waals surface area (Å²) in [5.41, 5.74) is 4.73. The third-order valence-corrected chi connectivity index (χ3v) is 4.22. The minimum atomic E-state index is -0.371. The Hall–Kier alpha value is -2.33. The van der Waals surface area contributed by atoms with Crippen molar-refractivity contribution in [3.8, 4) is 22.9 Å². The first kappa shape index (κ1) is 15.6. The fraction of sp³-hybridized carbons (Fsp3) is 0.0667. The lowest BCUT2D eigenvalue weighted by molar-refractivity contribution is 0.0954. The van der Waals surface area contributed by atoms with Crippen molar-refractivity contribution in [1.82, 2.24) is 15.4 Å². The van der Waals surface area contributed by atoms with Gasteiger partial charge in [0, 0.05) is 11.1 Å². The fourth-order valence-corrected chi connectivity index (χ4v) is 2.84. The standard InChI is InChI=1S/C15H13IN4O3/c1-23-12-6-8(4-9(16)13(12)21)14-18-10-3-2-7(15(22)20-17)5-11(10)19-14/h2-6,21H,17H2,1H3,(H,18,19)(H,20,22). The predicted octanol–water partition coefficient (Wildman–Crippen LogP) is 2.15. The van der Waals surface area contributed by atoms with Crippen LogP contribution in [-0.4, -0.2) is 28.1 Å². The van der Waals surface area contributed by atoms with Gasteiger partial charge in [-0.2, -0.15) is 0 Å². The topological polar surface area (TPSA) is 113 Å². The Morgan fingerprint density at radius 3 is 2.87 bits per heavy atom. The average molecular weight is 424 g/mol. The van der Waals surface area contributed by atoms with Gasteiger partial charge < -0.3 is 14.8 Å². The molecule has 0 fully saturated rings. The molecule has 8 heteroatoms. The molecule has 0 aliphatic rings. The number of ether oxygens (including phenoxy) is 1. The molecule has 3 rings (SSSR count). The zero-order valence-corrected chi connectivity index (χ0v) is 14.2. The summed E-state index contributed by atoms with van der Waals surface area (Å²) < 4.78 is 5.82. The summed E-state index contributed by atoms with van der Waals surface area (Å²) in [5.74, 6) is 5.85. The second-order valence-corrected chi connectivity index (χ2v) is 5.96. The summed E-state index contributed by atoms with van der Waals surface area (Å²) in [6.07, 6.45) is 0. The van der Waals surface area contributed by atoms with E-state index >= 15 is 0 Å². The molecule has 5 N–H and O–H groups in total. The number of nitrogens with one attached hydrogen (secondary N) is 2. The molecule has 0 spiro atoms. The van der Waals surface area contributed by atoms with Gasteiger partial charge in [-0.15, -0.1) is 0 Å². The molecule has 1 heterocycles. The van der Waals surface area contributed by atoms with Crippen LogP contribution in [0, 0.1) is 3.57 Å². The maximum atomic E-state index is 11.6. The Kier molecular flexibility index (Phi) is 4.09. The molecule has 1 aromatic heterocycles. The van der Waals surface area contributed by atoms with Crippen LogP contribution < -0.4 is 16.0 Å². The molecule has 0 saturated carbocycles. The van der Waals surface area contributed by atoms with Gasteiger partial charge in [0.1, 0.15) is 5.82 Å². The number of hydrogen-bond donors (Lipinski definition) is 4. The number of phenolic OH excluding ortho intramolecular Hbond substituents is 1. The zero-order valence-electron chi connectivity index (χ0n) is 12.1. The van der Waals surface area contributed by atoms with Gasteiger partial charge in [-0.1, -0.05) is 0 Å². The highest BCUT2D eigenvalue weighted by atomic mass is 127. The number of nitrogen functional groups attached to an aromatic ring is 1. The lowest BCUT2D eigenvalue weighted by Crippen LogP contribution is -2.29. The maximum Gasteiger partial charge on any atom is 0.265 e. The number of amides is 1. The van der Waals surface area contributed by atoms with Crippen molar-refractivity contribution in [3.63, 3.8) is 0 Å². The van der Waals surface area contributed by atoms with Gasteiger partial charge in [-0.3, -0.25) is 10.2 Å². The molecule has 118 valence electrons. The van der Waals surface area contributed by atoms with Gasteiger partial charge in [0.15, 0.2) is 11.5 Å². The van der Waals surface area contributed by atoms with Crippen LogP contribution in [0.4, 0.5) is 0 Å². The molecule has 0 aliphatic carbocycles. The van der Waals surface area contributed by atoms with Crippen LogP contribution >= 0.6 is 22.6 Å². The van der Waals surface area contributed by atoms with E-state index in [9.17, 15) is 9.90 Å². The van der Waals surface area contributed by atoms with Crippen molar-refractivity contribution in [3.05, 3.63) is 39.5 Å². The number of fused-ring (bicyclic) bond motifs is 1. The highest BCUT2D eigenvalue weighted by Gasteiger charge is 2.13. The van der Waals surface area contributed by atoms with Crippen LogP contribution in [0.1, 0.15) is 10.4 Å². The minimum absolute atomic E-state index is 0.0925. The molecule has 0 radical (unpaired) electrons. The molecule has 0 atom stereocenters. The van der Waals surface area contributed by atoms with Gasteiger partial charge >= 0.3 is 0 Å². The van der Waals surface area contributed by atoms with Gasteiger partial charge in [-0.05, 0) is 52.9 Å². The van der Waals surface area contributed by atoms with Crippen molar-refractivity contribution >= 4 is 39.5 Å². The van der Waals surface area contributed by atoms with E-state index < -0.39 is 0 Å². The first-order valence-corrected chi connectivity index (χ1v) is 7.69. The Labute approximate surface area is 145 Å². The van der Waals surface area contributed by atoms with Crippen LogP contribution in [0.25, 0.3) is 22.4 Å². The lowest BCUT2D eigenvalue weighted by atomic mass is 10.2. The van der Waals surface area contributed by atoms with Gasteiger partial charge in [0.05, 0.1) is 21.7 Å². The molecule has 7 nitrogen and oxygen atoms in total. The maximum absolute atomic E-state index is 11.6. The number of benzene rings is 2. The first-order valence-electron chi connectivity index (χ1n) is 6.61. The fourth-order valence-electron chi connectivity index (χ4n) is 2.24. The van der Waals surface area contributed by atoms with Crippen molar-refractivity contribution in [2.45, 2.75) is 0 Å². The lowest BCUT2D eigenvalue weighted by Gasteiger charge is -2.07. The molecular weight excluding hydrogens is 411 g/mol. The molecule has 1 amide bonds. The summed E-state index contributed by atoms with van der Waals surface area (Å²) >= 11 is 2.02. The average Bonchev–Trinajstić information content (AvgIpc) is 2.99. The summed E-state index contributed by atoms with van der Waals surface area (Å²) in [6.45, 7) is 0. The van der Waals surface area contributed by atoms with E-state index in [-0.39, 0.29) is 11.7 Å². The molecule has 0 bridgehead atoms. The van der Waals surface area contributed by atoms with Gasteiger partial charge in [0.25, 0.3) is 5.91 Å². The number of carbonyl (C=O) groups excluding carboxylic acids is 1. The summed E-state index contributed by atoms with van der Waals surface area (Å²) in [4.78, 5) is 19.2. The summed E-state index contributed by atoms with van der Waals surface area (Å²) in [5, 5.41) is 9.91. The van der Waals surface area contributed by atoms with Crippen LogP contribution in [0.3, 0.4) is 0 Å². The van der Waals surface area contributed by atoms with Gasteiger partial charge in [0.2, 0.25) is 0 Å². The normalized spacial score (nSPS) is 10.7. The highest BCUT2D eigenvalue weighted by molar-refractivity contribution is 14.1. The van der Waals surface area contributed by atoms with E-state index in [4.69, 9.17) is 10.6 Å². The number of phenols is 1. The quantitative estimate of drug-likeness (QED) is 0.223. The molecule has 3 aromatic rings. The highest BCUT2D eigenvalue weighted by Crippen LogP contribution is 2.35. The van der Waals surface area contributed by atoms with Crippen molar-refractivity contribution < 1.29 is 14.6 Å². The predicted molar refractivity (Wildman–Crippen MR) is 94.1 cm³/mol. The van der Waals surface area contributed by atoms with Gasteiger partial charge in [-0.25, -0.2) is 10.8 Å². The summed E-state index contributed by atoms with van der Waals surface area (Å²) in [6, 6.07) is 8.56. The molecular formula is C15H13IN4O3. The number of H-pyrrole nitrogens is 1. The number of nitrogens with zero attached hydrogens (tertiary/aromatic N) is 1. The number of aromatic nitrogens is 2. The van der Waals surface area contributed by atoms with E-state index in [0.29, 0.717) is 26.2 Å². The summed E-state index contributed by atoms with van der Waals surface area (Å²) in [7, 11) is 1.49. The molecule has 23 heavy (non-hydrogen) atoms. The largest absolute Gasteiger partial charge is 0.504 e. The van der Waals surface area contributed by atoms with E-state index in [2.05, 4.69) is 15.4 Å². The number of imidazole rings is 1. The van der Waals surface area contributed by atoms with E-state index in [1.807, 2.05) is 22.6 Å². The molecule has 0 saturated heterocycles. The van der Waals surface area contributed by atoms with Crippen LogP contribution in [-0.2, 0) is 0 Å². The number of aromatic hydroxyl groups is 1. The van der Waals surface area contributed by atoms with Crippen molar-refractivity contribution in [1.29, 1.82) is 0 Å². The van der Waals surface area contributed by atoms with Crippen molar-refractivity contribution in [2.75, 3.05) is 7.11 Å². The van der Waals surface area contributed by atoms with Crippen LogP contribution in [0.2, 0.25) is 0 Å². The zero-order chi connectivity index (χ0) is 16.6. The Balaban J connectivity index is 2.10. The number of nitrogens with two attached hydrogens (primary N) is 1. The second kappa shape index (κ2) is 6.05. The number of hydrazine groups is 1. The second-order valence-electron chi connectivity index (χ2n) is 4.80. The van der Waals surface area contributed by atoms with Crippen molar-refractivity contribution in [2.24, 2.45) is 5.84 Å².